The second-order valence-corrected chi connectivity index (χ2v) is 4.35. The maximum Gasteiger partial charge on any atom is 0.338 e. The number of rotatable bonds is 3. The summed E-state index contributed by atoms with van der Waals surface area (Å²) >= 11 is 0. The van der Waals surface area contributed by atoms with Gasteiger partial charge in [-0.2, -0.15) is 5.26 Å². The predicted octanol–water partition coefficient (Wildman–Crippen LogP) is 2.81. The van der Waals surface area contributed by atoms with Gasteiger partial charge in [-0.05, 0) is 43.9 Å². The van der Waals surface area contributed by atoms with Crippen molar-refractivity contribution in [2.24, 2.45) is 0 Å². The highest BCUT2D eigenvalue weighted by molar-refractivity contribution is 5.89. The fourth-order valence-corrected chi connectivity index (χ4v) is 2.14. The van der Waals surface area contributed by atoms with E-state index in [1.165, 1.54) is 0 Å². The predicted molar refractivity (Wildman–Crippen MR) is 63.5 cm³/mol. The van der Waals surface area contributed by atoms with Crippen LogP contribution in [0, 0.1) is 11.3 Å². The molecule has 1 saturated carbocycles. The normalized spacial score (nSPS) is 16.7. The van der Waals surface area contributed by atoms with E-state index in [4.69, 9.17) is 4.74 Å². The highest BCUT2D eigenvalue weighted by Gasteiger charge is 2.38. The van der Waals surface area contributed by atoms with Crippen LogP contribution in [0.4, 0.5) is 0 Å². The zero-order valence-electron chi connectivity index (χ0n) is 9.90. The topological polar surface area (TPSA) is 50.1 Å². The van der Waals surface area contributed by atoms with E-state index in [0.717, 1.165) is 24.8 Å². The van der Waals surface area contributed by atoms with E-state index < -0.39 is 0 Å². The van der Waals surface area contributed by atoms with Gasteiger partial charge in [-0.15, -0.1) is 0 Å². The molecule has 0 radical (unpaired) electrons. The van der Waals surface area contributed by atoms with Gasteiger partial charge in [-0.1, -0.05) is 12.1 Å². The minimum absolute atomic E-state index is 0.307. The molecule has 1 fully saturated rings. The van der Waals surface area contributed by atoms with Gasteiger partial charge >= 0.3 is 5.97 Å². The van der Waals surface area contributed by atoms with Gasteiger partial charge < -0.3 is 4.74 Å². The molecule has 3 heteroatoms. The second-order valence-electron chi connectivity index (χ2n) is 4.35. The molecule has 1 aliphatic carbocycles. The van der Waals surface area contributed by atoms with Gasteiger partial charge in [0.2, 0.25) is 0 Å². The first kappa shape index (κ1) is 11.7. The van der Waals surface area contributed by atoms with Crippen LogP contribution < -0.4 is 0 Å². The van der Waals surface area contributed by atoms with Crippen LogP contribution in [0.3, 0.4) is 0 Å². The summed E-state index contributed by atoms with van der Waals surface area (Å²) < 4.78 is 4.92. The van der Waals surface area contributed by atoms with Crippen LogP contribution >= 0.6 is 0 Å². The molecule has 3 nitrogen and oxygen atoms in total. The van der Waals surface area contributed by atoms with Gasteiger partial charge in [0.15, 0.2) is 0 Å². The average molecular weight is 229 g/mol. The number of carbonyl (C=O) groups is 1. The van der Waals surface area contributed by atoms with Crippen molar-refractivity contribution in [1.29, 1.82) is 5.26 Å². The van der Waals surface area contributed by atoms with Crippen molar-refractivity contribution >= 4 is 5.97 Å². The zero-order chi connectivity index (χ0) is 12.3. The Bertz CT molecular complexity index is 452. The molecular weight excluding hydrogens is 214 g/mol. The molecule has 0 aliphatic heterocycles. The monoisotopic (exact) mass is 229 g/mol. The quantitative estimate of drug-likeness (QED) is 0.749. The average Bonchev–Trinajstić information content (AvgIpc) is 2.29. The first-order valence-electron chi connectivity index (χ1n) is 5.91. The third-order valence-electron chi connectivity index (χ3n) is 3.37. The Morgan fingerprint density at radius 2 is 2.06 bits per heavy atom. The van der Waals surface area contributed by atoms with Gasteiger partial charge in [0.05, 0.1) is 23.7 Å². The molecule has 0 saturated heterocycles. The first-order chi connectivity index (χ1) is 8.22. The number of benzene rings is 1. The molecule has 1 aliphatic rings. The molecule has 2 rings (SSSR count). The Morgan fingerprint density at radius 1 is 1.41 bits per heavy atom. The van der Waals surface area contributed by atoms with Crippen LogP contribution in [0.2, 0.25) is 0 Å². The van der Waals surface area contributed by atoms with E-state index in [0.29, 0.717) is 12.2 Å². The fourth-order valence-electron chi connectivity index (χ4n) is 2.14. The maximum atomic E-state index is 11.5. The smallest absolute Gasteiger partial charge is 0.338 e. The van der Waals surface area contributed by atoms with Crippen LogP contribution in [0.5, 0.6) is 0 Å². The van der Waals surface area contributed by atoms with E-state index in [1.807, 2.05) is 12.1 Å². The highest BCUT2D eigenvalue weighted by Crippen LogP contribution is 2.43. The Hall–Kier alpha value is -1.82. The van der Waals surface area contributed by atoms with E-state index >= 15 is 0 Å². The Labute approximate surface area is 101 Å². The van der Waals surface area contributed by atoms with Gasteiger partial charge in [-0.25, -0.2) is 4.79 Å². The lowest BCUT2D eigenvalue weighted by Crippen LogP contribution is -2.32. The fraction of sp³-hybridized carbons (Fsp3) is 0.429. The Balaban J connectivity index is 2.19. The highest BCUT2D eigenvalue weighted by atomic mass is 16.5. The molecule has 0 bridgehead atoms. The molecule has 17 heavy (non-hydrogen) atoms. The number of esters is 1. The molecule has 1 aromatic rings. The SMILES string of the molecule is CCOC(=O)c1ccc(C2(C#N)CCC2)cc1. The number of nitrogens with zero attached hydrogens (tertiary/aromatic N) is 1. The maximum absolute atomic E-state index is 11.5. The Morgan fingerprint density at radius 3 is 2.47 bits per heavy atom. The third-order valence-corrected chi connectivity index (χ3v) is 3.37. The van der Waals surface area contributed by atoms with Crippen LogP contribution in [0.25, 0.3) is 0 Å². The minimum Gasteiger partial charge on any atom is -0.462 e. The van der Waals surface area contributed by atoms with Crippen molar-refractivity contribution in [2.45, 2.75) is 31.6 Å². The summed E-state index contributed by atoms with van der Waals surface area (Å²) in [7, 11) is 0. The lowest BCUT2D eigenvalue weighted by Gasteiger charge is -2.35. The molecule has 0 heterocycles. The number of nitriles is 1. The Kier molecular flexibility index (Phi) is 3.14. The number of ether oxygens (including phenoxy) is 1. The number of hydrogen-bond acceptors (Lipinski definition) is 3. The lowest BCUT2D eigenvalue weighted by molar-refractivity contribution is 0.0526. The van der Waals surface area contributed by atoms with Crippen LogP contribution in [-0.4, -0.2) is 12.6 Å². The molecule has 88 valence electrons. The standard InChI is InChI=1S/C14H15NO2/c1-2-17-13(16)11-4-6-12(7-5-11)14(10-15)8-3-9-14/h4-7H,2-3,8-9H2,1H3. The van der Waals surface area contributed by atoms with E-state index in [1.54, 1.807) is 19.1 Å². The summed E-state index contributed by atoms with van der Waals surface area (Å²) in [5, 5.41) is 9.21. The summed E-state index contributed by atoms with van der Waals surface area (Å²) in [6.07, 6.45) is 2.94. The van der Waals surface area contributed by atoms with Gasteiger partial charge in [0.25, 0.3) is 0 Å². The van der Waals surface area contributed by atoms with Crippen molar-refractivity contribution in [3.05, 3.63) is 35.4 Å². The number of carbonyl (C=O) groups excluding carboxylic acids is 1. The van der Waals surface area contributed by atoms with Crippen molar-refractivity contribution < 1.29 is 9.53 Å². The molecule has 0 amide bonds. The van der Waals surface area contributed by atoms with Crippen molar-refractivity contribution in [3.63, 3.8) is 0 Å². The van der Waals surface area contributed by atoms with E-state index in [2.05, 4.69) is 6.07 Å². The largest absolute Gasteiger partial charge is 0.462 e. The zero-order valence-corrected chi connectivity index (χ0v) is 9.90. The van der Waals surface area contributed by atoms with Crippen LogP contribution in [0.1, 0.15) is 42.1 Å². The molecule has 0 N–H and O–H groups in total. The molecule has 1 aromatic carbocycles. The molecule has 0 aromatic heterocycles. The van der Waals surface area contributed by atoms with Crippen molar-refractivity contribution in [2.75, 3.05) is 6.61 Å². The molecular formula is C14H15NO2. The minimum atomic E-state index is -0.312. The van der Waals surface area contributed by atoms with Crippen LogP contribution in [0.15, 0.2) is 24.3 Å². The van der Waals surface area contributed by atoms with Crippen molar-refractivity contribution in [3.8, 4) is 6.07 Å². The van der Waals surface area contributed by atoms with Gasteiger partial charge in [0, 0.05) is 0 Å². The van der Waals surface area contributed by atoms with Gasteiger partial charge in [0.1, 0.15) is 0 Å². The first-order valence-corrected chi connectivity index (χ1v) is 5.91. The molecule has 0 spiro atoms. The molecule has 0 atom stereocenters. The van der Waals surface area contributed by atoms with Gasteiger partial charge in [-0.3, -0.25) is 0 Å². The van der Waals surface area contributed by atoms with Crippen LogP contribution in [-0.2, 0) is 10.2 Å². The summed E-state index contributed by atoms with van der Waals surface area (Å²) in [6.45, 7) is 2.16. The second kappa shape index (κ2) is 4.58. The lowest BCUT2D eigenvalue weighted by atomic mass is 9.65. The van der Waals surface area contributed by atoms with Crippen molar-refractivity contribution in [1.82, 2.24) is 0 Å². The summed E-state index contributed by atoms with van der Waals surface area (Å²) in [6, 6.07) is 9.61. The molecule has 0 unspecified atom stereocenters. The number of hydrogen-bond donors (Lipinski definition) is 0. The van der Waals surface area contributed by atoms with E-state index in [-0.39, 0.29) is 11.4 Å². The summed E-state index contributed by atoms with van der Waals surface area (Å²) in [5.41, 5.74) is 1.25. The summed E-state index contributed by atoms with van der Waals surface area (Å²) in [5.74, 6) is -0.307. The third kappa shape index (κ3) is 2.03. The summed E-state index contributed by atoms with van der Waals surface area (Å²) in [4.78, 5) is 11.5. The van der Waals surface area contributed by atoms with E-state index in [9.17, 15) is 10.1 Å².